The van der Waals surface area contributed by atoms with Gasteiger partial charge in [0.1, 0.15) is 11.5 Å². The van der Waals surface area contributed by atoms with E-state index in [1.165, 1.54) is 0 Å². The van der Waals surface area contributed by atoms with Gasteiger partial charge in [-0.05, 0) is 26.0 Å². The first kappa shape index (κ1) is 14.8. The lowest BCUT2D eigenvalue weighted by atomic mass is 9.95. The van der Waals surface area contributed by atoms with Gasteiger partial charge in [-0.1, -0.05) is 0 Å². The smallest absolute Gasteiger partial charge is 0.125 e. The van der Waals surface area contributed by atoms with E-state index in [9.17, 15) is 5.11 Å². The number of hydrogen-bond acceptors (Lipinski definition) is 4. The summed E-state index contributed by atoms with van der Waals surface area (Å²) in [5, 5.41) is 9.99. The molecular weight excluding hydrogens is 232 g/mol. The Balaban J connectivity index is 2.95. The van der Waals surface area contributed by atoms with Gasteiger partial charge in [-0.15, -0.1) is 0 Å². The molecule has 0 amide bonds. The van der Waals surface area contributed by atoms with Crippen molar-refractivity contribution in [3.63, 3.8) is 0 Å². The molecule has 1 rings (SSSR count). The Morgan fingerprint density at radius 3 is 2.33 bits per heavy atom. The Morgan fingerprint density at radius 1 is 1.22 bits per heavy atom. The minimum absolute atomic E-state index is 0.174. The molecule has 1 aromatic rings. The zero-order chi connectivity index (χ0) is 13.8. The molecule has 0 aliphatic rings. The lowest BCUT2D eigenvalue weighted by molar-refractivity contribution is -0.0329. The van der Waals surface area contributed by atoms with E-state index in [1.807, 2.05) is 19.9 Å². The van der Waals surface area contributed by atoms with Gasteiger partial charge in [0, 0.05) is 32.3 Å². The minimum Gasteiger partial charge on any atom is -0.507 e. The van der Waals surface area contributed by atoms with Crippen LogP contribution >= 0.6 is 0 Å². The molecule has 0 fully saturated rings. The quantitative estimate of drug-likeness (QED) is 0.848. The summed E-state index contributed by atoms with van der Waals surface area (Å²) in [6.07, 6.45) is 0.436. The number of phenols is 1. The minimum atomic E-state index is -0.312. The van der Waals surface area contributed by atoms with Crippen molar-refractivity contribution in [2.75, 3.05) is 21.3 Å². The van der Waals surface area contributed by atoms with Crippen LogP contribution in [0.1, 0.15) is 31.9 Å². The number of aromatic hydroxyl groups is 1. The highest BCUT2D eigenvalue weighted by atomic mass is 16.5. The third kappa shape index (κ3) is 3.62. The third-order valence-electron chi connectivity index (χ3n) is 3.10. The maximum Gasteiger partial charge on any atom is 0.125 e. The molecule has 0 aliphatic carbocycles. The van der Waals surface area contributed by atoms with Gasteiger partial charge in [-0.2, -0.15) is 0 Å². The van der Waals surface area contributed by atoms with Crippen molar-refractivity contribution >= 4 is 0 Å². The molecule has 0 spiro atoms. The standard InChI is InChI=1S/C14H22O4/c1-14(2,18-5)9-13(17-4)11-7-6-10(16-3)8-12(11)15/h6-8,13,15H,9H2,1-5H3. The molecule has 0 aromatic heterocycles. The molecule has 0 saturated heterocycles. The summed E-state index contributed by atoms with van der Waals surface area (Å²) in [5.74, 6) is 0.796. The Hall–Kier alpha value is -1.26. The molecule has 0 radical (unpaired) electrons. The first-order chi connectivity index (χ1) is 8.43. The average molecular weight is 254 g/mol. The lowest BCUT2D eigenvalue weighted by Crippen LogP contribution is -2.26. The molecule has 4 heteroatoms. The highest BCUT2D eigenvalue weighted by Crippen LogP contribution is 2.35. The fourth-order valence-corrected chi connectivity index (χ4v) is 1.77. The monoisotopic (exact) mass is 254 g/mol. The summed E-state index contributed by atoms with van der Waals surface area (Å²) >= 11 is 0. The molecule has 1 aromatic carbocycles. The number of benzene rings is 1. The van der Waals surface area contributed by atoms with Gasteiger partial charge >= 0.3 is 0 Å². The van der Waals surface area contributed by atoms with Crippen LogP contribution in [0.25, 0.3) is 0 Å². The van der Waals surface area contributed by atoms with Gasteiger partial charge in [0.05, 0.1) is 18.8 Å². The predicted molar refractivity (Wildman–Crippen MR) is 70.1 cm³/mol. The van der Waals surface area contributed by atoms with E-state index in [-0.39, 0.29) is 17.5 Å². The topological polar surface area (TPSA) is 47.9 Å². The van der Waals surface area contributed by atoms with Gasteiger partial charge in [0.15, 0.2) is 0 Å². The fraction of sp³-hybridized carbons (Fsp3) is 0.571. The van der Waals surface area contributed by atoms with Gasteiger partial charge in [-0.25, -0.2) is 0 Å². The van der Waals surface area contributed by atoms with Crippen molar-refractivity contribution < 1.29 is 19.3 Å². The maximum atomic E-state index is 9.99. The van der Waals surface area contributed by atoms with Crippen LogP contribution in [0, 0.1) is 0 Å². The van der Waals surface area contributed by atoms with Gasteiger partial charge in [-0.3, -0.25) is 0 Å². The van der Waals surface area contributed by atoms with Crippen molar-refractivity contribution in [1.82, 2.24) is 0 Å². The Morgan fingerprint density at radius 2 is 1.89 bits per heavy atom. The normalized spacial score (nSPS) is 13.4. The predicted octanol–water partition coefficient (Wildman–Crippen LogP) is 2.90. The zero-order valence-electron chi connectivity index (χ0n) is 11.7. The molecule has 0 heterocycles. The summed E-state index contributed by atoms with van der Waals surface area (Å²) < 4.78 is 15.9. The Bertz CT molecular complexity index is 387. The molecule has 4 nitrogen and oxygen atoms in total. The second kappa shape index (κ2) is 6.07. The van der Waals surface area contributed by atoms with Crippen LogP contribution in [0.5, 0.6) is 11.5 Å². The van der Waals surface area contributed by atoms with Crippen molar-refractivity contribution in [3.8, 4) is 11.5 Å². The number of hydrogen-bond donors (Lipinski definition) is 1. The number of rotatable bonds is 6. The van der Waals surface area contributed by atoms with Crippen LogP contribution in [-0.4, -0.2) is 32.0 Å². The average Bonchev–Trinajstić information content (AvgIpc) is 2.36. The van der Waals surface area contributed by atoms with E-state index >= 15 is 0 Å². The van der Waals surface area contributed by atoms with E-state index in [2.05, 4.69) is 0 Å². The number of methoxy groups -OCH3 is 3. The number of phenolic OH excluding ortho intramolecular Hbond substituents is 1. The third-order valence-corrected chi connectivity index (χ3v) is 3.10. The Labute approximate surface area is 108 Å². The highest BCUT2D eigenvalue weighted by molar-refractivity contribution is 5.41. The van der Waals surface area contributed by atoms with Crippen molar-refractivity contribution in [1.29, 1.82) is 0 Å². The molecule has 18 heavy (non-hydrogen) atoms. The van der Waals surface area contributed by atoms with E-state index < -0.39 is 0 Å². The first-order valence-corrected chi connectivity index (χ1v) is 5.88. The second-order valence-corrected chi connectivity index (χ2v) is 4.82. The van der Waals surface area contributed by atoms with Crippen LogP contribution < -0.4 is 4.74 Å². The summed E-state index contributed by atoms with van der Waals surface area (Å²) in [4.78, 5) is 0. The van der Waals surface area contributed by atoms with Gasteiger partial charge < -0.3 is 19.3 Å². The van der Waals surface area contributed by atoms with E-state index in [4.69, 9.17) is 14.2 Å². The maximum absolute atomic E-state index is 9.99. The molecule has 1 N–H and O–H groups in total. The summed E-state index contributed by atoms with van der Waals surface area (Å²) in [6.45, 7) is 3.97. The molecular formula is C14H22O4. The van der Waals surface area contributed by atoms with Crippen molar-refractivity contribution in [3.05, 3.63) is 23.8 Å². The van der Waals surface area contributed by atoms with Crippen LogP contribution in [0.4, 0.5) is 0 Å². The summed E-state index contributed by atoms with van der Waals surface area (Å²) in [5.41, 5.74) is 0.427. The molecule has 0 aliphatic heterocycles. The van der Waals surface area contributed by atoms with Gasteiger partial charge in [0.25, 0.3) is 0 Å². The van der Waals surface area contributed by atoms with Crippen LogP contribution in [0.3, 0.4) is 0 Å². The van der Waals surface area contributed by atoms with Gasteiger partial charge in [0.2, 0.25) is 0 Å². The second-order valence-electron chi connectivity index (χ2n) is 4.82. The lowest BCUT2D eigenvalue weighted by Gasteiger charge is -2.28. The van der Waals surface area contributed by atoms with Crippen molar-refractivity contribution in [2.45, 2.75) is 32.0 Å². The van der Waals surface area contributed by atoms with Crippen LogP contribution in [-0.2, 0) is 9.47 Å². The largest absolute Gasteiger partial charge is 0.507 e. The van der Waals surface area contributed by atoms with Crippen LogP contribution in [0.15, 0.2) is 18.2 Å². The zero-order valence-corrected chi connectivity index (χ0v) is 11.7. The molecule has 0 bridgehead atoms. The number of ether oxygens (including phenoxy) is 3. The van der Waals surface area contributed by atoms with E-state index in [1.54, 1.807) is 33.5 Å². The van der Waals surface area contributed by atoms with E-state index in [0.29, 0.717) is 12.2 Å². The molecule has 1 atom stereocenters. The van der Waals surface area contributed by atoms with Crippen molar-refractivity contribution in [2.24, 2.45) is 0 Å². The molecule has 0 saturated carbocycles. The van der Waals surface area contributed by atoms with Crippen LogP contribution in [0.2, 0.25) is 0 Å². The fourth-order valence-electron chi connectivity index (χ4n) is 1.77. The molecule has 1 unspecified atom stereocenters. The first-order valence-electron chi connectivity index (χ1n) is 5.88. The Kier molecular flexibility index (Phi) is 4.99. The molecule has 102 valence electrons. The SMILES string of the molecule is COc1ccc(C(CC(C)(C)OC)OC)c(O)c1. The summed E-state index contributed by atoms with van der Waals surface area (Å²) in [6, 6.07) is 5.20. The highest BCUT2D eigenvalue weighted by Gasteiger charge is 2.25. The summed E-state index contributed by atoms with van der Waals surface area (Å²) in [7, 11) is 4.86. The van der Waals surface area contributed by atoms with E-state index in [0.717, 1.165) is 5.56 Å².